The lowest BCUT2D eigenvalue weighted by molar-refractivity contribution is 0.185. The van der Waals surface area contributed by atoms with Crippen molar-refractivity contribution in [3.63, 3.8) is 0 Å². The molecule has 0 aliphatic heterocycles. The van der Waals surface area contributed by atoms with E-state index in [1.165, 1.54) is 57.8 Å². The van der Waals surface area contributed by atoms with Crippen molar-refractivity contribution in [2.75, 3.05) is 6.54 Å². The van der Waals surface area contributed by atoms with Crippen molar-refractivity contribution < 1.29 is 0 Å². The van der Waals surface area contributed by atoms with Crippen molar-refractivity contribution in [3.8, 4) is 0 Å². The Labute approximate surface area is 96.8 Å². The number of unbranched alkanes of at least 4 members (excludes halogenated alkanes) is 1. The van der Waals surface area contributed by atoms with E-state index in [1.54, 1.807) is 0 Å². The molecule has 0 spiro atoms. The molecular weight excluding hydrogens is 182 g/mol. The molecule has 0 aliphatic carbocycles. The summed E-state index contributed by atoms with van der Waals surface area (Å²) >= 11 is 0. The summed E-state index contributed by atoms with van der Waals surface area (Å²) in [6, 6.07) is 0. The van der Waals surface area contributed by atoms with Gasteiger partial charge in [-0.05, 0) is 44.1 Å². The van der Waals surface area contributed by atoms with Crippen LogP contribution in [-0.4, -0.2) is 6.54 Å². The molecule has 0 amide bonds. The minimum absolute atomic E-state index is 0.624. The molecule has 0 aromatic rings. The molecule has 0 aliphatic rings. The third-order valence-electron chi connectivity index (χ3n) is 3.53. The Balaban J connectivity index is 4.26. The van der Waals surface area contributed by atoms with Gasteiger partial charge in [0.2, 0.25) is 0 Å². The lowest BCUT2D eigenvalue weighted by Crippen LogP contribution is -2.22. The van der Waals surface area contributed by atoms with E-state index in [1.807, 2.05) is 0 Å². The second-order valence-electron chi connectivity index (χ2n) is 5.00. The zero-order chi connectivity index (χ0) is 11.6. The van der Waals surface area contributed by atoms with Crippen LogP contribution in [0.3, 0.4) is 0 Å². The van der Waals surface area contributed by atoms with Gasteiger partial charge in [0.15, 0.2) is 0 Å². The molecule has 15 heavy (non-hydrogen) atoms. The van der Waals surface area contributed by atoms with Crippen LogP contribution in [0.1, 0.15) is 78.6 Å². The van der Waals surface area contributed by atoms with E-state index in [4.69, 9.17) is 5.73 Å². The van der Waals surface area contributed by atoms with Crippen molar-refractivity contribution in [2.24, 2.45) is 11.1 Å². The summed E-state index contributed by atoms with van der Waals surface area (Å²) in [7, 11) is 0. The van der Waals surface area contributed by atoms with Gasteiger partial charge in [0.25, 0.3) is 0 Å². The molecule has 0 saturated heterocycles. The molecule has 2 N–H and O–H groups in total. The monoisotopic (exact) mass is 213 g/mol. The molecule has 0 bridgehead atoms. The molecule has 0 atom stereocenters. The van der Waals surface area contributed by atoms with Crippen LogP contribution in [0.5, 0.6) is 0 Å². The molecule has 0 saturated carbocycles. The van der Waals surface area contributed by atoms with Gasteiger partial charge in [-0.3, -0.25) is 0 Å². The average Bonchev–Trinajstić information content (AvgIpc) is 2.24. The number of hydrogen-bond acceptors (Lipinski definition) is 1. The van der Waals surface area contributed by atoms with Gasteiger partial charge in [-0.25, -0.2) is 0 Å². The highest BCUT2D eigenvalue weighted by Gasteiger charge is 2.26. The predicted octanol–water partition coefficient (Wildman–Crippen LogP) is 4.50. The Morgan fingerprint density at radius 1 is 0.733 bits per heavy atom. The first-order valence-corrected chi connectivity index (χ1v) is 6.94. The topological polar surface area (TPSA) is 26.0 Å². The smallest absolute Gasteiger partial charge is 0.00771 e. The predicted molar refractivity (Wildman–Crippen MR) is 70.1 cm³/mol. The Kier molecular flexibility index (Phi) is 9.18. The maximum Gasteiger partial charge on any atom is -0.00771 e. The van der Waals surface area contributed by atoms with Crippen LogP contribution in [0.4, 0.5) is 0 Å². The fourth-order valence-corrected chi connectivity index (χ4v) is 2.84. The van der Waals surface area contributed by atoms with Crippen LogP contribution in [-0.2, 0) is 0 Å². The van der Waals surface area contributed by atoms with Crippen molar-refractivity contribution in [1.29, 1.82) is 0 Å². The quantitative estimate of drug-likeness (QED) is 0.568. The highest BCUT2D eigenvalue weighted by molar-refractivity contribution is 4.78. The van der Waals surface area contributed by atoms with E-state index < -0.39 is 0 Å². The Morgan fingerprint density at radius 2 is 1.27 bits per heavy atom. The minimum atomic E-state index is 0.624. The molecular formula is C14H31N. The molecule has 0 aromatic carbocycles. The summed E-state index contributed by atoms with van der Waals surface area (Å²) < 4.78 is 0. The largest absolute Gasteiger partial charge is 0.330 e. The Hall–Kier alpha value is -0.0400. The normalized spacial score (nSPS) is 12.0. The second-order valence-corrected chi connectivity index (χ2v) is 5.00. The van der Waals surface area contributed by atoms with E-state index in [2.05, 4.69) is 20.8 Å². The molecule has 92 valence electrons. The third-order valence-corrected chi connectivity index (χ3v) is 3.53. The number of nitrogens with two attached hydrogens (primary N) is 1. The fraction of sp³-hybridized carbons (Fsp3) is 1.00. The summed E-state index contributed by atoms with van der Waals surface area (Å²) in [6.07, 6.45) is 12.2. The standard InChI is InChI=1S/C14H31N/c1-4-7-11-14(9-5-2,10-6-3)12-8-13-15/h4-13,15H2,1-3H3. The molecule has 0 heterocycles. The van der Waals surface area contributed by atoms with Crippen molar-refractivity contribution in [2.45, 2.75) is 78.6 Å². The molecule has 0 rings (SSSR count). The lowest BCUT2D eigenvalue weighted by atomic mass is 9.72. The Morgan fingerprint density at radius 3 is 1.67 bits per heavy atom. The van der Waals surface area contributed by atoms with Gasteiger partial charge in [0.05, 0.1) is 0 Å². The van der Waals surface area contributed by atoms with E-state index in [0.29, 0.717) is 5.41 Å². The first-order chi connectivity index (χ1) is 7.24. The minimum Gasteiger partial charge on any atom is -0.330 e. The Bertz CT molecular complexity index is 115. The van der Waals surface area contributed by atoms with Crippen LogP contribution in [0.15, 0.2) is 0 Å². The van der Waals surface area contributed by atoms with Gasteiger partial charge in [-0.1, -0.05) is 46.5 Å². The van der Waals surface area contributed by atoms with Crippen LogP contribution in [0.25, 0.3) is 0 Å². The van der Waals surface area contributed by atoms with Crippen LogP contribution < -0.4 is 5.73 Å². The molecule has 0 unspecified atom stereocenters. The van der Waals surface area contributed by atoms with Gasteiger partial charge < -0.3 is 5.73 Å². The molecule has 1 nitrogen and oxygen atoms in total. The summed E-state index contributed by atoms with van der Waals surface area (Å²) in [5.41, 5.74) is 6.28. The molecule has 0 aromatic heterocycles. The van der Waals surface area contributed by atoms with Crippen LogP contribution in [0, 0.1) is 5.41 Å². The highest BCUT2D eigenvalue weighted by atomic mass is 14.5. The van der Waals surface area contributed by atoms with E-state index >= 15 is 0 Å². The second kappa shape index (κ2) is 9.21. The highest BCUT2D eigenvalue weighted by Crippen LogP contribution is 2.39. The van der Waals surface area contributed by atoms with E-state index in [9.17, 15) is 0 Å². The van der Waals surface area contributed by atoms with Gasteiger partial charge in [0, 0.05) is 0 Å². The molecule has 0 fully saturated rings. The van der Waals surface area contributed by atoms with Crippen molar-refractivity contribution in [3.05, 3.63) is 0 Å². The van der Waals surface area contributed by atoms with Crippen LogP contribution >= 0.6 is 0 Å². The first kappa shape index (κ1) is 15.0. The van der Waals surface area contributed by atoms with E-state index in [-0.39, 0.29) is 0 Å². The van der Waals surface area contributed by atoms with Gasteiger partial charge >= 0.3 is 0 Å². The average molecular weight is 213 g/mol. The maximum atomic E-state index is 5.66. The molecule has 0 radical (unpaired) electrons. The zero-order valence-corrected chi connectivity index (χ0v) is 11.1. The van der Waals surface area contributed by atoms with Crippen molar-refractivity contribution >= 4 is 0 Å². The van der Waals surface area contributed by atoms with E-state index in [0.717, 1.165) is 6.54 Å². The summed E-state index contributed by atoms with van der Waals surface area (Å²) in [5.74, 6) is 0. The van der Waals surface area contributed by atoms with Gasteiger partial charge in [0.1, 0.15) is 0 Å². The first-order valence-electron chi connectivity index (χ1n) is 6.94. The summed E-state index contributed by atoms with van der Waals surface area (Å²) in [4.78, 5) is 0. The maximum absolute atomic E-state index is 5.66. The lowest BCUT2D eigenvalue weighted by Gasteiger charge is -2.34. The van der Waals surface area contributed by atoms with Gasteiger partial charge in [-0.15, -0.1) is 0 Å². The third kappa shape index (κ3) is 6.19. The zero-order valence-electron chi connectivity index (χ0n) is 11.1. The number of hydrogen-bond donors (Lipinski definition) is 1. The number of rotatable bonds is 10. The fourth-order valence-electron chi connectivity index (χ4n) is 2.84. The van der Waals surface area contributed by atoms with Crippen molar-refractivity contribution in [1.82, 2.24) is 0 Å². The SMILES string of the molecule is CCCCC(CCC)(CCC)CCCN. The van der Waals surface area contributed by atoms with Gasteiger partial charge in [-0.2, -0.15) is 0 Å². The molecule has 1 heteroatoms. The summed E-state index contributed by atoms with van der Waals surface area (Å²) in [5, 5.41) is 0. The summed E-state index contributed by atoms with van der Waals surface area (Å²) in [6.45, 7) is 7.80. The van der Waals surface area contributed by atoms with Crippen LogP contribution in [0.2, 0.25) is 0 Å².